The minimum Gasteiger partial charge on any atom is -0.394 e. The van der Waals surface area contributed by atoms with Crippen molar-refractivity contribution in [3.63, 3.8) is 0 Å². The number of carbonyl (C=O) groups excluding carboxylic acids is 1. The van der Waals surface area contributed by atoms with E-state index in [2.05, 4.69) is 21.2 Å². The Bertz CT molecular complexity index is 400. The van der Waals surface area contributed by atoms with Crippen molar-refractivity contribution in [1.29, 1.82) is 0 Å². The van der Waals surface area contributed by atoms with Gasteiger partial charge in [0, 0.05) is 16.6 Å². The summed E-state index contributed by atoms with van der Waals surface area (Å²) in [6, 6.07) is 4.46. The van der Waals surface area contributed by atoms with Gasteiger partial charge in [0.2, 0.25) is 0 Å². The summed E-state index contributed by atoms with van der Waals surface area (Å²) < 4.78 is 5.48. The van der Waals surface area contributed by atoms with E-state index in [1.165, 1.54) is 7.11 Å². The molecule has 0 aromatic heterocycles. The van der Waals surface area contributed by atoms with Gasteiger partial charge in [-0.15, -0.1) is 0 Å². The molecule has 1 amide bonds. The second-order valence-corrected chi connectivity index (χ2v) is 4.72. The normalized spacial score (nSPS) is 12.2. The topological polar surface area (TPSA) is 58.6 Å². The Morgan fingerprint density at radius 1 is 1.65 bits per heavy atom. The van der Waals surface area contributed by atoms with Crippen LogP contribution in [0.1, 0.15) is 10.4 Å². The maximum atomic E-state index is 11.9. The number of rotatable bonds is 5. The van der Waals surface area contributed by atoms with Crippen molar-refractivity contribution in [3.05, 3.63) is 33.3 Å². The predicted octanol–water partition coefficient (Wildman–Crippen LogP) is 1.84. The molecule has 0 radical (unpaired) electrons. The van der Waals surface area contributed by atoms with Crippen LogP contribution in [0.5, 0.6) is 0 Å². The lowest BCUT2D eigenvalue weighted by Crippen LogP contribution is -2.40. The first kappa shape index (κ1) is 14.4. The van der Waals surface area contributed by atoms with Crippen molar-refractivity contribution in [1.82, 2.24) is 5.32 Å². The number of nitrogens with one attached hydrogen (secondary N) is 1. The first-order valence-electron chi connectivity index (χ1n) is 4.94. The molecule has 6 heteroatoms. The van der Waals surface area contributed by atoms with Crippen LogP contribution in [0, 0.1) is 0 Å². The molecule has 4 nitrogen and oxygen atoms in total. The predicted molar refractivity (Wildman–Crippen MR) is 69.4 cm³/mol. The van der Waals surface area contributed by atoms with Crippen LogP contribution < -0.4 is 5.32 Å². The first-order chi connectivity index (χ1) is 8.08. The van der Waals surface area contributed by atoms with Gasteiger partial charge in [0.15, 0.2) is 0 Å². The van der Waals surface area contributed by atoms with Crippen molar-refractivity contribution >= 4 is 33.4 Å². The molecule has 0 aliphatic heterocycles. The second kappa shape index (κ2) is 6.96. The molecule has 0 aliphatic carbocycles. The van der Waals surface area contributed by atoms with Gasteiger partial charge < -0.3 is 15.2 Å². The molecule has 0 heterocycles. The Morgan fingerprint density at radius 2 is 2.35 bits per heavy atom. The number of benzene rings is 1. The highest BCUT2D eigenvalue weighted by Gasteiger charge is 2.15. The van der Waals surface area contributed by atoms with Crippen molar-refractivity contribution < 1.29 is 14.6 Å². The zero-order chi connectivity index (χ0) is 12.8. The van der Waals surface area contributed by atoms with E-state index in [-0.39, 0.29) is 19.1 Å². The molecule has 0 saturated carbocycles. The number of aliphatic hydroxyl groups is 1. The van der Waals surface area contributed by atoms with Gasteiger partial charge in [-0.25, -0.2) is 0 Å². The molecule has 0 aliphatic rings. The molecule has 1 atom stereocenters. The molecule has 17 heavy (non-hydrogen) atoms. The second-order valence-electron chi connectivity index (χ2n) is 3.43. The van der Waals surface area contributed by atoms with Gasteiger partial charge in [-0.05, 0) is 34.1 Å². The largest absolute Gasteiger partial charge is 0.394 e. The molecule has 0 spiro atoms. The van der Waals surface area contributed by atoms with Crippen molar-refractivity contribution in [2.45, 2.75) is 6.04 Å². The molecule has 1 rings (SSSR count). The average Bonchev–Trinajstić information content (AvgIpc) is 2.28. The third-order valence-corrected chi connectivity index (χ3v) is 2.99. The number of methoxy groups -OCH3 is 1. The van der Waals surface area contributed by atoms with Crippen molar-refractivity contribution in [3.8, 4) is 0 Å². The summed E-state index contributed by atoms with van der Waals surface area (Å²) in [5, 5.41) is 12.2. The highest BCUT2D eigenvalue weighted by atomic mass is 79.9. The van der Waals surface area contributed by atoms with Crippen LogP contribution in [0.3, 0.4) is 0 Å². The van der Waals surface area contributed by atoms with E-state index in [4.69, 9.17) is 21.4 Å². The van der Waals surface area contributed by atoms with Crippen LogP contribution in [0.15, 0.2) is 22.7 Å². The average molecular weight is 323 g/mol. The maximum Gasteiger partial charge on any atom is 0.252 e. The molecule has 1 unspecified atom stereocenters. The number of ether oxygens (including phenoxy) is 1. The summed E-state index contributed by atoms with van der Waals surface area (Å²) in [7, 11) is 1.51. The Balaban J connectivity index is 2.75. The highest BCUT2D eigenvalue weighted by molar-refractivity contribution is 9.10. The van der Waals surface area contributed by atoms with Crippen LogP contribution in [-0.2, 0) is 4.74 Å². The van der Waals surface area contributed by atoms with E-state index in [9.17, 15) is 4.79 Å². The zero-order valence-electron chi connectivity index (χ0n) is 9.24. The maximum absolute atomic E-state index is 11.9. The summed E-state index contributed by atoms with van der Waals surface area (Å²) in [4.78, 5) is 11.9. The SMILES string of the molecule is COCC(CO)NC(=O)c1ccc(Cl)cc1Br. The van der Waals surface area contributed by atoms with Gasteiger partial charge >= 0.3 is 0 Å². The van der Waals surface area contributed by atoms with E-state index >= 15 is 0 Å². The fourth-order valence-corrected chi connectivity index (χ4v) is 2.14. The minimum absolute atomic E-state index is 0.176. The summed E-state index contributed by atoms with van der Waals surface area (Å²) in [5.74, 6) is -0.287. The van der Waals surface area contributed by atoms with Crippen LogP contribution in [-0.4, -0.2) is 37.4 Å². The molecule has 0 bridgehead atoms. The molecule has 94 valence electrons. The Morgan fingerprint density at radius 3 is 2.88 bits per heavy atom. The molecule has 2 N–H and O–H groups in total. The van der Waals surface area contributed by atoms with Crippen molar-refractivity contribution in [2.75, 3.05) is 20.3 Å². The van der Waals surface area contributed by atoms with E-state index in [0.29, 0.717) is 15.1 Å². The number of carbonyl (C=O) groups is 1. The van der Waals surface area contributed by atoms with Crippen LogP contribution >= 0.6 is 27.5 Å². The van der Waals surface area contributed by atoms with E-state index in [0.717, 1.165) is 0 Å². The number of halogens is 2. The Hall–Kier alpha value is -0.620. The van der Waals surface area contributed by atoms with Crippen molar-refractivity contribution in [2.24, 2.45) is 0 Å². The lowest BCUT2D eigenvalue weighted by atomic mass is 10.2. The zero-order valence-corrected chi connectivity index (χ0v) is 11.6. The molecule has 0 saturated heterocycles. The first-order valence-corrected chi connectivity index (χ1v) is 6.11. The number of aliphatic hydroxyl groups excluding tert-OH is 1. The smallest absolute Gasteiger partial charge is 0.252 e. The third kappa shape index (κ3) is 4.27. The Kier molecular flexibility index (Phi) is 5.91. The monoisotopic (exact) mass is 321 g/mol. The minimum atomic E-state index is -0.421. The van der Waals surface area contributed by atoms with E-state index in [1.807, 2.05) is 0 Å². The highest BCUT2D eigenvalue weighted by Crippen LogP contribution is 2.21. The standard InChI is InChI=1S/C11H13BrClNO3/c1-17-6-8(5-15)14-11(16)9-3-2-7(13)4-10(9)12/h2-4,8,15H,5-6H2,1H3,(H,14,16). The molecule has 1 aromatic carbocycles. The Labute approximate surface area is 113 Å². The van der Waals surface area contributed by atoms with Crippen LogP contribution in [0.4, 0.5) is 0 Å². The fourth-order valence-electron chi connectivity index (χ4n) is 1.28. The summed E-state index contributed by atoms with van der Waals surface area (Å²) in [6.45, 7) is 0.0816. The van der Waals surface area contributed by atoms with Gasteiger partial charge in [-0.2, -0.15) is 0 Å². The molecule has 0 fully saturated rings. The van der Waals surface area contributed by atoms with Gasteiger partial charge in [0.1, 0.15) is 0 Å². The summed E-state index contributed by atoms with van der Waals surface area (Å²) in [5.41, 5.74) is 0.462. The van der Waals surface area contributed by atoms with E-state index < -0.39 is 6.04 Å². The molecular weight excluding hydrogens is 309 g/mol. The van der Waals surface area contributed by atoms with Gasteiger partial charge in [0.05, 0.1) is 24.8 Å². The van der Waals surface area contributed by atoms with Gasteiger partial charge in [-0.3, -0.25) is 4.79 Å². The van der Waals surface area contributed by atoms with E-state index in [1.54, 1.807) is 18.2 Å². The summed E-state index contributed by atoms with van der Waals surface area (Å²) in [6.07, 6.45) is 0. The number of hydrogen-bond donors (Lipinski definition) is 2. The molecule has 1 aromatic rings. The quantitative estimate of drug-likeness (QED) is 0.869. The third-order valence-electron chi connectivity index (χ3n) is 2.10. The summed E-state index contributed by atoms with van der Waals surface area (Å²) >= 11 is 9.04. The van der Waals surface area contributed by atoms with Gasteiger partial charge in [0.25, 0.3) is 5.91 Å². The lowest BCUT2D eigenvalue weighted by molar-refractivity contribution is 0.0839. The lowest BCUT2D eigenvalue weighted by Gasteiger charge is -2.15. The van der Waals surface area contributed by atoms with Gasteiger partial charge in [-0.1, -0.05) is 11.6 Å². The number of hydrogen-bond acceptors (Lipinski definition) is 3. The van der Waals surface area contributed by atoms with Crippen LogP contribution in [0.25, 0.3) is 0 Å². The number of amides is 1. The molecular formula is C11H13BrClNO3. The van der Waals surface area contributed by atoms with Crippen LogP contribution in [0.2, 0.25) is 5.02 Å². The fraction of sp³-hybridized carbons (Fsp3) is 0.364.